The molecule has 122 valence electrons. The molecule has 1 aromatic carbocycles. The first-order valence-corrected chi connectivity index (χ1v) is 7.64. The van der Waals surface area contributed by atoms with E-state index >= 15 is 0 Å². The van der Waals surface area contributed by atoms with Gasteiger partial charge in [-0.3, -0.25) is 14.9 Å². The number of nitrogens with one attached hydrogen (secondary N) is 1. The average molecular weight is 324 g/mol. The second-order valence-corrected chi connectivity index (χ2v) is 5.56. The summed E-state index contributed by atoms with van der Waals surface area (Å²) in [6.07, 6.45) is 2.71. The number of para-hydroxylation sites is 1. The number of carbonyl (C=O) groups is 1. The van der Waals surface area contributed by atoms with Crippen LogP contribution < -0.4 is 5.73 Å². The summed E-state index contributed by atoms with van der Waals surface area (Å²) in [5.74, 6) is 0.185. The van der Waals surface area contributed by atoms with Gasteiger partial charge in [-0.25, -0.2) is 4.98 Å². The summed E-state index contributed by atoms with van der Waals surface area (Å²) in [6, 6.07) is 7.56. The summed E-state index contributed by atoms with van der Waals surface area (Å²) in [4.78, 5) is 22.8. The molecular formula is C16H16N6O2. The number of rotatable bonds is 2. The lowest BCUT2D eigenvalue weighted by Gasteiger charge is -2.32. The summed E-state index contributed by atoms with van der Waals surface area (Å²) >= 11 is 0. The van der Waals surface area contributed by atoms with E-state index in [2.05, 4.69) is 20.2 Å². The Balaban J connectivity index is 1.60. The summed E-state index contributed by atoms with van der Waals surface area (Å²) in [6.45, 7) is 1.27. The van der Waals surface area contributed by atoms with Crippen molar-refractivity contribution in [1.82, 2.24) is 25.1 Å². The molecule has 1 amide bonds. The van der Waals surface area contributed by atoms with E-state index in [1.807, 2.05) is 24.3 Å². The Bertz CT molecular complexity index is 893. The molecule has 0 spiro atoms. The van der Waals surface area contributed by atoms with Crippen molar-refractivity contribution in [3.63, 3.8) is 0 Å². The van der Waals surface area contributed by atoms with Crippen LogP contribution in [0.5, 0.6) is 0 Å². The minimum atomic E-state index is -0.387. The number of morpholine rings is 1. The molecule has 3 heterocycles. The number of ether oxygens (including phenoxy) is 1. The van der Waals surface area contributed by atoms with Crippen molar-refractivity contribution in [2.45, 2.75) is 6.10 Å². The largest absolute Gasteiger partial charge is 0.382 e. The number of hydrogen-bond acceptors (Lipinski definition) is 6. The number of carbonyl (C=O) groups excluding carboxylic acids is 1. The number of fused-ring (bicyclic) bond motifs is 1. The Morgan fingerprint density at radius 1 is 1.29 bits per heavy atom. The van der Waals surface area contributed by atoms with Gasteiger partial charge in [0, 0.05) is 24.3 Å². The van der Waals surface area contributed by atoms with E-state index in [0.29, 0.717) is 36.9 Å². The Morgan fingerprint density at radius 2 is 2.12 bits per heavy atom. The molecule has 0 aliphatic carbocycles. The van der Waals surface area contributed by atoms with Gasteiger partial charge in [0.15, 0.2) is 5.69 Å². The molecular weight excluding hydrogens is 308 g/mol. The molecule has 4 rings (SSSR count). The fraction of sp³-hybridized carbons (Fsp3) is 0.250. The van der Waals surface area contributed by atoms with E-state index in [9.17, 15) is 4.79 Å². The third kappa shape index (κ3) is 2.46. The van der Waals surface area contributed by atoms with Crippen LogP contribution in [0, 0.1) is 0 Å². The third-order valence-corrected chi connectivity index (χ3v) is 4.09. The lowest BCUT2D eigenvalue weighted by atomic mass is 10.1. The predicted molar refractivity (Wildman–Crippen MR) is 87.1 cm³/mol. The van der Waals surface area contributed by atoms with Crippen LogP contribution in [0.15, 0.2) is 36.7 Å². The maximum absolute atomic E-state index is 12.9. The minimum absolute atomic E-state index is 0.136. The molecule has 1 unspecified atom stereocenters. The van der Waals surface area contributed by atoms with Gasteiger partial charge < -0.3 is 15.4 Å². The molecule has 24 heavy (non-hydrogen) atoms. The number of aromatic amines is 1. The van der Waals surface area contributed by atoms with Crippen LogP contribution in [0.4, 0.5) is 5.82 Å². The lowest BCUT2D eigenvalue weighted by Crippen LogP contribution is -2.42. The molecule has 0 bridgehead atoms. The zero-order valence-corrected chi connectivity index (χ0v) is 12.8. The molecule has 3 N–H and O–H groups in total. The van der Waals surface area contributed by atoms with E-state index < -0.39 is 0 Å². The third-order valence-electron chi connectivity index (χ3n) is 4.09. The molecule has 1 aliphatic heterocycles. The molecule has 0 saturated carbocycles. The number of nitrogens with zero attached hydrogens (tertiary/aromatic N) is 4. The van der Waals surface area contributed by atoms with Gasteiger partial charge in [-0.05, 0) is 6.07 Å². The first kappa shape index (κ1) is 14.6. The maximum Gasteiger partial charge on any atom is 0.275 e. The number of benzene rings is 1. The standard InChI is InChI=1S/C16H16N6O2/c17-15-14(18-5-6-19-15)12-9-22(7-8-24-12)16(23)13-10-3-1-2-4-11(10)20-21-13/h1-6,12H,7-9H2,(H2,17,19)(H,20,21). The van der Waals surface area contributed by atoms with Crippen molar-refractivity contribution in [3.8, 4) is 0 Å². The summed E-state index contributed by atoms with van der Waals surface area (Å²) in [5, 5.41) is 7.87. The molecule has 1 atom stereocenters. The number of H-pyrrole nitrogens is 1. The Hall–Kier alpha value is -3.00. The van der Waals surface area contributed by atoms with Gasteiger partial charge in [0.2, 0.25) is 0 Å². The molecule has 8 nitrogen and oxygen atoms in total. The van der Waals surface area contributed by atoms with Crippen LogP contribution >= 0.6 is 0 Å². The van der Waals surface area contributed by atoms with Gasteiger partial charge in [-0.2, -0.15) is 5.10 Å². The summed E-state index contributed by atoms with van der Waals surface area (Å²) in [5.41, 5.74) is 7.68. The molecule has 0 radical (unpaired) electrons. The van der Waals surface area contributed by atoms with E-state index in [4.69, 9.17) is 10.5 Å². The fourth-order valence-corrected chi connectivity index (χ4v) is 2.88. The van der Waals surface area contributed by atoms with Gasteiger partial charge in [-0.15, -0.1) is 0 Å². The van der Waals surface area contributed by atoms with Crippen LogP contribution in [0.2, 0.25) is 0 Å². The van der Waals surface area contributed by atoms with Crippen molar-refractivity contribution in [2.75, 3.05) is 25.4 Å². The SMILES string of the molecule is Nc1nccnc1C1CN(C(=O)c2n[nH]c3ccccc23)CCO1. The van der Waals surface area contributed by atoms with E-state index in [1.165, 1.54) is 6.20 Å². The second kappa shape index (κ2) is 5.89. The number of nitrogens with two attached hydrogens (primary N) is 1. The van der Waals surface area contributed by atoms with Gasteiger partial charge in [0.1, 0.15) is 17.6 Å². The van der Waals surface area contributed by atoms with Crippen LogP contribution in [-0.4, -0.2) is 50.7 Å². The van der Waals surface area contributed by atoms with Gasteiger partial charge in [0.05, 0.1) is 18.7 Å². The fourth-order valence-electron chi connectivity index (χ4n) is 2.88. The molecule has 3 aromatic rings. The maximum atomic E-state index is 12.9. The quantitative estimate of drug-likeness (QED) is 0.731. The number of hydrogen-bond donors (Lipinski definition) is 2. The number of amides is 1. The second-order valence-electron chi connectivity index (χ2n) is 5.56. The normalized spacial score (nSPS) is 18.0. The smallest absolute Gasteiger partial charge is 0.275 e. The highest BCUT2D eigenvalue weighted by molar-refractivity contribution is 6.04. The number of aromatic nitrogens is 4. The molecule has 2 aromatic heterocycles. The Morgan fingerprint density at radius 3 is 3.00 bits per heavy atom. The Labute approximate surface area is 137 Å². The molecule has 1 fully saturated rings. The summed E-state index contributed by atoms with van der Waals surface area (Å²) < 4.78 is 5.73. The zero-order chi connectivity index (χ0) is 16.5. The summed E-state index contributed by atoms with van der Waals surface area (Å²) in [7, 11) is 0. The Kier molecular flexibility index (Phi) is 3.58. The van der Waals surface area contributed by atoms with Crippen molar-refractivity contribution >= 4 is 22.6 Å². The van der Waals surface area contributed by atoms with E-state index in [0.717, 1.165) is 10.9 Å². The van der Waals surface area contributed by atoms with Gasteiger partial charge >= 0.3 is 0 Å². The van der Waals surface area contributed by atoms with Crippen LogP contribution in [0.1, 0.15) is 22.3 Å². The van der Waals surface area contributed by atoms with Crippen molar-refractivity contribution < 1.29 is 9.53 Å². The topological polar surface area (TPSA) is 110 Å². The highest BCUT2D eigenvalue weighted by atomic mass is 16.5. The molecule has 8 heteroatoms. The lowest BCUT2D eigenvalue weighted by molar-refractivity contribution is -0.0246. The van der Waals surface area contributed by atoms with Gasteiger partial charge in [-0.1, -0.05) is 18.2 Å². The first-order chi connectivity index (χ1) is 11.7. The van der Waals surface area contributed by atoms with E-state index in [1.54, 1.807) is 11.1 Å². The van der Waals surface area contributed by atoms with Crippen LogP contribution in [0.3, 0.4) is 0 Å². The van der Waals surface area contributed by atoms with Crippen molar-refractivity contribution in [2.24, 2.45) is 0 Å². The number of anilines is 1. The highest BCUT2D eigenvalue weighted by Gasteiger charge is 2.30. The monoisotopic (exact) mass is 324 g/mol. The first-order valence-electron chi connectivity index (χ1n) is 7.64. The number of nitrogen functional groups attached to an aromatic ring is 1. The highest BCUT2D eigenvalue weighted by Crippen LogP contribution is 2.25. The predicted octanol–water partition coefficient (Wildman–Crippen LogP) is 1.15. The van der Waals surface area contributed by atoms with Crippen molar-refractivity contribution in [3.05, 3.63) is 48.0 Å². The molecule has 1 saturated heterocycles. The molecule has 1 aliphatic rings. The zero-order valence-electron chi connectivity index (χ0n) is 12.8. The van der Waals surface area contributed by atoms with Crippen LogP contribution in [0.25, 0.3) is 10.9 Å². The van der Waals surface area contributed by atoms with Crippen molar-refractivity contribution in [1.29, 1.82) is 0 Å². The minimum Gasteiger partial charge on any atom is -0.382 e. The average Bonchev–Trinajstić information content (AvgIpc) is 3.06. The van der Waals surface area contributed by atoms with Crippen LogP contribution in [-0.2, 0) is 4.74 Å². The van der Waals surface area contributed by atoms with E-state index in [-0.39, 0.29) is 12.0 Å². The van der Waals surface area contributed by atoms with Gasteiger partial charge in [0.25, 0.3) is 5.91 Å².